The first kappa shape index (κ1) is 16.4. The number of likely N-dealkylation sites (N-methyl/N-ethyl adjacent to an activating group) is 1. The first-order chi connectivity index (χ1) is 11.8. The molecule has 1 aromatic heterocycles. The molecule has 0 aliphatic rings. The van der Waals surface area contributed by atoms with Crippen LogP contribution in [0.5, 0.6) is 0 Å². The van der Waals surface area contributed by atoms with Crippen molar-refractivity contribution in [3.63, 3.8) is 0 Å². The Morgan fingerprint density at radius 2 is 1.50 bits per heavy atom. The summed E-state index contributed by atoms with van der Waals surface area (Å²) in [5, 5.41) is 11.0. The highest BCUT2D eigenvalue weighted by Crippen LogP contribution is 2.33. The van der Waals surface area contributed by atoms with E-state index in [0.29, 0.717) is 0 Å². The normalized spacial score (nSPS) is 13.6. The van der Waals surface area contributed by atoms with E-state index < -0.39 is 6.10 Å². The molecular formula is C21H22N2O. The number of aliphatic hydroxyl groups excluding tert-OH is 1. The Hall–Kier alpha value is -2.49. The van der Waals surface area contributed by atoms with E-state index in [4.69, 9.17) is 0 Å². The van der Waals surface area contributed by atoms with Gasteiger partial charge in [-0.1, -0.05) is 66.7 Å². The number of aromatic nitrogens is 1. The van der Waals surface area contributed by atoms with Crippen LogP contribution in [0.3, 0.4) is 0 Å². The second-order valence-corrected chi connectivity index (χ2v) is 5.99. The maximum Gasteiger partial charge on any atom is 0.0986 e. The predicted octanol–water partition coefficient (Wildman–Crippen LogP) is 3.99. The van der Waals surface area contributed by atoms with E-state index in [-0.39, 0.29) is 6.04 Å². The zero-order chi connectivity index (χ0) is 16.8. The van der Waals surface area contributed by atoms with Crippen LogP contribution in [0.2, 0.25) is 0 Å². The molecule has 0 unspecified atom stereocenters. The topological polar surface area (TPSA) is 36.4 Å². The molecule has 0 bridgehead atoms. The molecule has 0 fully saturated rings. The van der Waals surface area contributed by atoms with Gasteiger partial charge in [0.1, 0.15) is 0 Å². The van der Waals surface area contributed by atoms with Crippen LogP contribution in [0.1, 0.15) is 28.8 Å². The average Bonchev–Trinajstić information content (AvgIpc) is 2.64. The maximum absolute atomic E-state index is 11.0. The van der Waals surface area contributed by atoms with Gasteiger partial charge in [0.15, 0.2) is 0 Å². The summed E-state index contributed by atoms with van der Waals surface area (Å²) in [4.78, 5) is 6.35. The van der Waals surface area contributed by atoms with Crippen molar-refractivity contribution in [1.29, 1.82) is 0 Å². The molecule has 2 aromatic carbocycles. The van der Waals surface area contributed by atoms with Crippen LogP contribution in [0, 0.1) is 0 Å². The molecule has 0 radical (unpaired) electrons. The third kappa shape index (κ3) is 3.88. The third-order valence-electron chi connectivity index (χ3n) is 4.21. The molecule has 1 heterocycles. The molecule has 0 saturated heterocycles. The Morgan fingerprint density at radius 1 is 0.875 bits per heavy atom. The SMILES string of the molecule is CN(Cc1cccnc1)[C@H](c1ccccc1)[C@H](O)c1ccccc1. The smallest absolute Gasteiger partial charge is 0.0986 e. The van der Waals surface area contributed by atoms with Gasteiger partial charge in [0.25, 0.3) is 0 Å². The van der Waals surface area contributed by atoms with Gasteiger partial charge in [0.05, 0.1) is 12.1 Å². The lowest BCUT2D eigenvalue weighted by atomic mass is 9.94. The van der Waals surface area contributed by atoms with Crippen LogP contribution in [0.25, 0.3) is 0 Å². The zero-order valence-electron chi connectivity index (χ0n) is 13.8. The van der Waals surface area contributed by atoms with Gasteiger partial charge in [-0.15, -0.1) is 0 Å². The van der Waals surface area contributed by atoms with Crippen molar-refractivity contribution in [3.05, 3.63) is 102 Å². The van der Waals surface area contributed by atoms with E-state index >= 15 is 0 Å². The van der Waals surface area contributed by atoms with Crippen molar-refractivity contribution in [2.45, 2.75) is 18.7 Å². The molecule has 3 aromatic rings. The summed E-state index contributed by atoms with van der Waals surface area (Å²) < 4.78 is 0. The summed E-state index contributed by atoms with van der Waals surface area (Å²) in [6.45, 7) is 0.720. The number of hydrogen-bond acceptors (Lipinski definition) is 3. The minimum Gasteiger partial charge on any atom is -0.386 e. The van der Waals surface area contributed by atoms with Gasteiger partial charge in [0, 0.05) is 18.9 Å². The van der Waals surface area contributed by atoms with Crippen molar-refractivity contribution in [2.75, 3.05) is 7.05 Å². The lowest BCUT2D eigenvalue weighted by Gasteiger charge is -2.32. The summed E-state index contributed by atoms with van der Waals surface area (Å²) in [5.41, 5.74) is 3.14. The van der Waals surface area contributed by atoms with Gasteiger partial charge < -0.3 is 5.11 Å². The van der Waals surface area contributed by atoms with Crippen LogP contribution in [0.15, 0.2) is 85.2 Å². The fourth-order valence-corrected chi connectivity index (χ4v) is 3.04. The van der Waals surface area contributed by atoms with Crippen LogP contribution < -0.4 is 0 Å². The molecule has 0 aliphatic heterocycles. The van der Waals surface area contributed by atoms with Gasteiger partial charge in [-0.2, -0.15) is 0 Å². The van der Waals surface area contributed by atoms with Crippen LogP contribution in [-0.2, 0) is 6.54 Å². The highest BCUT2D eigenvalue weighted by molar-refractivity contribution is 5.26. The van der Waals surface area contributed by atoms with Crippen LogP contribution >= 0.6 is 0 Å². The quantitative estimate of drug-likeness (QED) is 0.746. The largest absolute Gasteiger partial charge is 0.386 e. The predicted molar refractivity (Wildman–Crippen MR) is 96.3 cm³/mol. The molecule has 0 aliphatic carbocycles. The molecule has 2 atom stereocenters. The maximum atomic E-state index is 11.0. The van der Waals surface area contributed by atoms with Gasteiger partial charge in [-0.05, 0) is 29.8 Å². The third-order valence-corrected chi connectivity index (χ3v) is 4.21. The number of benzene rings is 2. The highest BCUT2D eigenvalue weighted by atomic mass is 16.3. The first-order valence-electron chi connectivity index (χ1n) is 8.13. The van der Waals surface area contributed by atoms with Crippen LogP contribution in [-0.4, -0.2) is 22.0 Å². The lowest BCUT2D eigenvalue weighted by Crippen LogP contribution is -2.29. The van der Waals surface area contributed by atoms with Gasteiger partial charge in [-0.3, -0.25) is 9.88 Å². The Balaban J connectivity index is 1.90. The number of nitrogens with zero attached hydrogens (tertiary/aromatic N) is 2. The summed E-state index contributed by atoms with van der Waals surface area (Å²) in [5.74, 6) is 0. The van der Waals surface area contributed by atoms with Crippen molar-refractivity contribution < 1.29 is 5.11 Å². The Bertz CT molecular complexity index is 732. The van der Waals surface area contributed by atoms with E-state index in [1.54, 1.807) is 6.20 Å². The fourth-order valence-electron chi connectivity index (χ4n) is 3.04. The molecule has 122 valence electrons. The molecule has 0 spiro atoms. The molecule has 3 rings (SSSR count). The zero-order valence-corrected chi connectivity index (χ0v) is 13.8. The fraction of sp³-hybridized carbons (Fsp3) is 0.190. The van der Waals surface area contributed by atoms with Gasteiger partial charge in [0.2, 0.25) is 0 Å². The summed E-state index contributed by atoms with van der Waals surface area (Å²) in [6, 6.07) is 23.8. The minimum atomic E-state index is -0.602. The number of pyridine rings is 1. The summed E-state index contributed by atoms with van der Waals surface area (Å²) in [6.07, 6.45) is 3.04. The van der Waals surface area contributed by atoms with Gasteiger partial charge in [-0.25, -0.2) is 0 Å². The number of rotatable bonds is 6. The van der Waals surface area contributed by atoms with E-state index in [1.165, 1.54) is 0 Å². The lowest BCUT2D eigenvalue weighted by molar-refractivity contribution is 0.0579. The first-order valence-corrected chi connectivity index (χ1v) is 8.13. The molecule has 3 nitrogen and oxygen atoms in total. The highest BCUT2D eigenvalue weighted by Gasteiger charge is 2.26. The summed E-state index contributed by atoms with van der Waals surface area (Å²) in [7, 11) is 2.04. The molecule has 24 heavy (non-hydrogen) atoms. The molecule has 1 N–H and O–H groups in total. The molecule has 3 heteroatoms. The second-order valence-electron chi connectivity index (χ2n) is 5.99. The minimum absolute atomic E-state index is 0.131. The van der Waals surface area contributed by atoms with Crippen molar-refractivity contribution in [1.82, 2.24) is 9.88 Å². The van der Waals surface area contributed by atoms with E-state index in [0.717, 1.165) is 23.2 Å². The number of aliphatic hydroxyl groups is 1. The van der Waals surface area contributed by atoms with E-state index in [2.05, 4.69) is 28.1 Å². The van der Waals surface area contributed by atoms with E-state index in [9.17, 15) is 5.11 Å². The van der Waals surface area contributed by atoms with E-state index in [1.807, 2.05) is 67.8 Å². The Kier molecular flexibility index (Phi) is 5.36. The van der Waals surface area contributed by atoms with Gasteiger partial charge >= 0.3 is 0 Å². The molecule has 0 amide bonds. The van der Waals surface area contributed by atoms with Crippen molar-refractivity contribution in [2.24, 2.45) is 0 Å². The van der Waals surface area contributed by atoms with Crippen molar-refractivity contribution in [3.8, 4) is 0 Å². The van der Waals surface area contributed by atoms with Crippen molar-refractivity contribution >= 4 is 0 Å². The monoisotopic (exact) mass is 318 g/mol. The standard InChI is InChI=1S/C21H22N2O/c1-23(16-17-9-8-14-22-15-17)20(18-10-4-2-5-11-18)21(24)19-12-6-3-7-13-19/h2-15,20-21,24H,16H2,1H3/t20-,21-/m1/s1. The Morgan fingerprint density at radius 3 is 2.08 bits per heavy atom. The second kappa shape index (κ2) is 7.86. The summed E-state index contributed by atoms with van der Waals surface area (Å²) >= 11 is 0. The molecule has 0 saturated carbocycles. The van der Waals surface area contributed by atoms with Crippen LogP contribution in [0.4, 0.5) is 0 Å². The molecular weight excluding hydrogens is 296 g/mol. The average molecular weight is 318 g/mol. The Labute approximate surface area is 143 Å². The number of hydrogen-bond donors (Lipinski definition) is 1.